The maximum atomic E-state index is 8.97. The van der Waals surface area contributed by atoms with Crippen LogP contribution in [0.1, 0.15) is 12.5 Å². The Morgan fingerprint density at radius 2 is 2.08 bits per heavy atom. The van der Waals surface area contributed by atoms with Crippen LogP contribution in [0.25, 0.3) is 0 Å². The lowest BCUT2D eigenvalue weighted by Crippen LogP contribution is -1.95. The third-order valence-electron chi connectivity index (χ3n) is 1.61. The number of hydrogen-bond acceptors (Lipinski definition) is 2. The van der Waals surface area contributed by atoms with Crippen molar-refractivity contribution >= 4 is 23.2 Å². The van der Waals surface area contributed by atoms with Crippen molar-refractivity contribution in [3.8, 4) is 5.75 Å². The number of benzene rings is 1. The Balaban J connectivity index is 3.11. The van der Waals surface area contributed by atoms with E-state index in [-0.39, 0.29) is 6.61 Å². The predicted molar refractivity (Wildman–Crippen MR) is 53.6 cm³/mol. The quantitative estimate of drug-likeness (QED) is 0.850. The molecule has 4 heteroatoms. The molecule has 0 bridgehead atoms. The van der Waals surface area contributed by atoms with Crippen LogP contribution < -0.4 is 4.74 Å². The van der Waals surface area contributed by atoms with Gasteiger partial charge < -0.3 is 9.84 Å². The summed E-state index contributed by atoms with van der Waals surface area (Å²) < 4.78 is 5.23. The Bertz CT molecular complexity index is 300. The van der Waals surface area contributed by atoms with Crippen LogP contribution >= 0.6 is 23.2 Å². The van der Waals surface area contributed by atoms with Crippen LogP contribution in [0.5, 0.6) is 5.75 Å². The zero-order valence-corrected chi connectivity index (χ0v) is 8.69. The van der Waals surface area contributed by atoms with E-state index in [9.17, 15) is 0 Å². The number of hydrogen-bond donors (Lipinski definition) is 1. The zero-order chi connectivity index (χ0) is 9.84. The van der Waals surface area contributed by atoms with E-state index in [0.29, 0.717) is 28.0 Å². The first-order valence-corrected chi connectivity index (χ1v) is 4.66. The van der Waals surface area contributed by atoms with Crippen molar-refractivity contribution in [2.24, 2.45) is 0 Å². The van der Waals surface area contributed by atoms with E-state index < -0.39 is 0 Å². The van der Waals surface area contributed by atoms with Crippen LogP contribution in [-0.4, -0.2) is 11.7 Å². The summed E-state index contributed by atoms with van der Waals surface area (Å²) in [6.07, 6.45) is 0. The maximum Gasteiger partial charge on any atom is 0.138 e. The van der Waals surface area contributed by atoms with E-state index in [1.165, 1.54) is 0 Å². The zero-order valence-electron chi connectivity index (χ0n) is 7.18. The summed E-state index contributed by atoms with van der Waals surface area (Å²) in [4.78, 5) is 0. The Morgan fingerprint density at radius 1 is 1.38 bits per heavy atom. The van der Waals surface area contributed by atoms with Gasteiger partial charge in [0.1, 0.15) is 5.75 Å². The molecule has 0 saturated heterocycles. The smallest absolute Gasteiger partial charge is 0.138 e. The molecule has 1 rings (SSSR count). The van der Waals surface area contributed by atoms with Gasteiger partial charge in [-0.25, -0.2) is 0 Å². The highest BCUT2D eigenvalue weighted by Gasteiger charge is 2.09. The molecule has 2 nitrogen and oxygen atoms in total. The summed E-state index contributed by atoms with van der Waals surface area (Å²) in [5.74, 6) is 0.553. The fourth-order valence-electron chi connectivity index (χ4n) is 0.988. The summed E-state index contributed by atoms with van der Waals surface area (Å²) in [6, 6.07) is 3.34. The van der Waals surface area contributed by atoms with Gasteiger partial charge in [0.05, 0.1) is 18.2 Å². The van der Waals surface area contributed by atoms with Crippen LogP contribution in [0, 0.1) is 0 Å². The average molecular weight is 221 g/mol. The molecule has 0 spiro atoms. The summed E-state index contributed by atoms with van der Waals surface area (Å²) >= 11 is 11.7. The van der Waals surface area contributed by atoms with Gasteiger partial charge >= 0.3 is 0 Å². The Hall–Kier alpha value is -0.440. The first-order chi connectivity index (χ1) is 6.20. The van der Waals surface area contributed by atoms with Crippen LogP contribution in [0.4, 0.5) is 0 Å². The van der Waals surface area contributed by atoms with Crippen LogP contribution in [0.3, 0.4) is 0 Å². The number of aliphatic hydroxyl groups is 1. The lowest BCUT2D eigenvalue weighted by molar-refractivity contribution is 0.280. The SMILES string of the molecule is CCOc1ccc(Cl)c(CO)c1Cl. The lowest BCUT2D eigenvalue weighted by Gasteiger charge is -2.09. The van der Waals surface area contributed by atoms with E-state index >= 15 is 0 Å². The molecule has 0 aliphatic carbocycles. The molecule has 0 aromatic heterocycles. The molecule has 0 amide bonds. The molecule has 0 saturated carbocycles. The van der Waals surface area contributed by atoms with Crippen molar-refractivity contribution in [1.29, 1.82) is 0 Å². The highest BCUT2D eigenvalue weighted by molar-refractivity contribution is 6.36. The van der Waals surface area contributed by atoms with Crippen molar-refractivity contribution in [3.63, 3.8) is 0 Å². The molecule has 0 atom stereocenters. The van der Waals surface area contributed by atoms with E-state index in [2.05, 4.69) is 0 Å². The maximum absolute atomic E-state index is 8.97. The van der Waals surface area contributed by atoms with Gasteiger partial charge in [0, 0.05) is 10.6 Å². The monoisotopic (exact) mass is 220 g/mol. The van der Waals surface area contributed by atoms with Crippen LogP contribution in [0.2, 0.25) is 10.0 Å². The molecule has 0 aliphatic heterocycles. The standard InChI is InChI=1S/C9H10Cl2O2/c1-2-13-8-4-3-7(10)6(5-12)9(8)11/h3-4,12H,2,5H2,1H3. The molecule has 1 aromatic rings. The highest BCUT2D eigenvalue weighted by Crippen LogP contribution is 2.33. The van der Waals surface area contributed by atoms with Crippen LogP contribution in [-0.2, 0) is 6.61 Å². The van der Waals surface area contributed by atoms with Gasteiger partial charge in [-0.1, -0.05) is 23.2 Å². The molecule has 1 N–H and O–H groups in total. The van der Waals surface area contributed by atoms with E-state index in [0.717, 1.165) is 0 Å². The fourth-order valence-corrected chi connectivity index (χ4v) is 1.53. The largest absolute Gasteiger partial charge is 0.492 e. The minimum Gasteiger partial charge on any atom is -0.492 e. The first kappa shape index (κ1) is 10.6. The molecule has 0 unspecified atom stereocenters. The van der Waals surface area contributed by atoms with Gasteiger partial charge in [-0.3, -0.25) is 0 Å². The summed E-state index contributed by atoms with van der Waals surface area (Å²) in [5.41, 5.74) is 0.509. The third-order valence-corrected chi connectivity index (χ3v) is 2.38. The van der Waals surface area contributed by atoms with Crippen molar-refractivity contribution in [1.82, 2.24) is 0 Å². The van der Waals surface area contributed by atoms with Gasteiger partial charge in [-0.2, -0.15) is 0 Å². The van der Waals surface area contributed by atoms with Gasteiger partial charge in [0.25, 0.3) is 0 Å². The van der Waals surface area contributed by atoms with Gasteiger partial charge in [0.2, 0.25) is 0 Å². The molecule has 0 fully saturated rings. The second-order valence-electron chi connectivity index (χ2n) is 2.43. The first-order valence-electron chi connectivity index (χ1n) is 3.91. The molecule has 0 heterocycles. The molecular formula is C9H10Cl2O2. The topological polar surface area (TPSA) is 29.5 Å². The number of ether oxygens (including phenoxy) is 1. The van der Waals surface area contributed by atoms with Crippen molar-refractivity contribution in [3.05, 3.63) is 27.7 Å². The molecule has 13 heavy (non-hydrogen) atoms. The Morgan fingerprint density at radius 3 is 2.62 bits per heavy atom. The van der Waals surface area contributed by atoms with E-state index in [4.69, 9.17) is 33.0 Å². The predicted octanol–water partition coefficient (Wildman–Crippen LogP) is 2.88. The highest BCUT2D eigenvalue weighted by atomic mass is 35.5. The minimum atomic E-state index is -0.182. The van der Waals surface area contributed by atoms with Crippen molar-refractivity contribution in [2.75, 3.05) is 6.61 Å². The summed E-state index contributed by atoms with van der Waals surface area (Å²) in [6.45, 7) is 2.22. The summed E-state index contributed by atoms with van der Waals surface area (Å²) in [5, 5.41) is 9.81. The van der Waals surface area contributed by atoms with Gasteiger partial charge in [-0.05, 0) is 19.1 Å². The fraction of sp³-hybridized carbons (Fsp3) is 0.333. The molecule has 0 aliphatic rings. The van der Waals surface area contributed by atoms with Crippen molar-refractivity contribution < 1.29 is 9.84 Å². The normalized spacial score (nSPS) is 10.2. The number of aliphatic hydroxyl groups excluding tert-OH is 1. The summed E-state index contributed by atoms with van der Waals surface area (Å²) in [7, 11) is 0. The Kier molecular flexibility index (Phi) is 3.85. The van der Waals surface area contributed by atoms with Gasteiger partial charge in [0.15, 0.2) is 0 Å². The van der Waals surface area contributed by atoms with Crippen LogP contribution in [0.15, 0.2) is 12.1 Å². The van der Waals surface area contributed by atoms with E-state index in [1.807, 2.05) is 6.92 Å². The average Bonchev–Trinajstić information content (AvgIpc) is 2.11. The minimum absolute atomic E-state index is 0.182. The molecule has 0 radical (unpaired) electrons. The number of halogens is 2. The second-order valence-corrected chi connectivity index (χ2v) is 3.21. The number of rotatable bonds is 3. The lowest BCUT2D eigenvalue weighted by atomic mass is 10.2. The van der Waals surface area contributed by atoms with Gasteiger partial charge in [-0.15, -0.1) is 0 Å². The van der Waals surface area contributed by atoms with E-state index in [1.54, 1.807) is 12.1 Å². The van der Waals surface area contributed by atoms with Crippen molar-refractivity contribution in [2.45, 2.75) is 13.5 Å². The molecule has 72 valence electrons. The second kappa shape index (κ2) is 4.70. The molecular weight excluding hydrogens is 211 g/mol. The molecule has 1 aromatic carbocycles. The Labute approximate surface area is 87.0 Å². The third kappa shape index (κ3) is 2.27.